The maximum atomic E-state index is 6.13. The van der Waals surface area contributed by atoms with Gasteiger partial charge in [-0.2, -0.15) is 25.0 Å². The summed E-state index contributed by atoms with van der Waals surface area (Å²) in [5, 5.41) is 15.1. The molecule has 0 fully saturated rings. The molecule has 0 saturated carbocycles. The number of nitrogens with zero attached hydrogens (tertiary/aromatic N) is 6. The quantitative estimate of drug-likeness (QED) is 0.508. The molecule has 0 saturated heterocycles. The number of anilines is 1. The third kappa shape index (κ3) is 2.29. The van der Waals surface area contributed by atoms with E-state index in [0.717, 1.165) is 27.7 Å². The minimum Gasteiger partial charge on any atom is -0.496 e. The molecular weight excluding hydrogens is 344 g/mol. The third-order valence-electron chi connectivity index (χ3n) is 4.42. The smallest absolute Gasteiger partial charge is 0.223 e. The zero-order valence-electron chi connectivity index (χ0n) is 14.3. The molecule has 0 aliphatic rings. The van der Waals surface area contributed by atoms with Gasteiger partial charge in [-0.3, -0.25) is 0 Å². The second-order valence-corrected chi connectivity index (χ2v) is 5.92. The summed E-state index contributed by atoms with van der Waals surface area (Å²) >= 11 is 0. The van der Waals surface area contributed by atoms with Crippen molar-refractivity contribution in [1.82, 2.24) is 35.0 Å². The third-order valence-corrected chi connectivity index (χ3v) is 4.42. The highest BCUT2D eigenvalue weighted by Crippen LogP contribution is 2.38. The van der Waals surface area contributed by atoms with Crippen LogP contribution in [0.4, 0.5) is 5.95 Å². The van der Waals surface area contributed by atoms with Gasteiger partial charge in [-0.05, 0) is 29.8 Å². The number of fused-ring (bicyclic) bond motifs is 2. The van der Waals surface area contributed by atoms with Crippen molar-refractivity contribution in [3.63, 3.8) is 0 Å². The van der Waals surface area contributed by atoms with Crippen LogP contribution in [0, 0.1) is 0 Å². The fraction of sp³-hybridized carbons (Fsp3) is 0.0556. The molecule has 2 aromatic carbocycles. The highest BCUT2D eigenvalue weighted by molar-refractivity contribution is 5.94. The number of hydrogen-bond acceptors (Lipinski definition) is 7. The second-order valence-electron chi connectivity index (χ2n) is 5.92. The summed E-state index contributed by atoms with van der Waals surface area (Å²) in [6.45, 7) is 0. The van der Waals surface area contributed by atoms with Crippen LogP contribution in [0.2, 0.25) is 0 Å². The van der Waals surface area contributed by atoms with E-state index in [9.17, 15) is 0 Å². The topological polar surface area (TPSA) is 120 Å². The summed E-state index contributed by atoms with van der Waals surface area (Å²) < 4.78 is 7.05. The fourth-order valence-corrected chi connectivity index (χ4v) is 3.20. The Morgan fingerprint density at radius 2 is 1.93 bits per heavy atom. The minimum atomic E-state index is 0.245. The van der Waals surface area contributed by atoms with Gasteiger partial charge in [0.05, 0.1) is 18.4 Å². The van der Waals surface area contributed by atoms with Crippen LogP contribution in [0.5, 0.6) is 5.75 Å². The molecule has 0 amide bonds. The van der Waals surface area contributed by atoms with E-state index in [1.54, 1.807) is 7.11 Å². The van der Waals surface area contributed by atoms with Crippen molar-refractivity contribution < 1.29 is 4.74 Å². The Labute approximate surface area is 152 Å². The number of rotatable bonds is 3. The van der Waals surface area contributed by atoms with Crippen LogP contribution in [0.1, 0.15) is 0 Å². The molecule has 9 heteroatoms. The summed E-state index contributed by atoms with van der Waals surface area (Å²) in [4.78, 5) is 9.02. The van der Waals surface area contributed by atoms with Gasteiger partial charge >= 0.3 is 0 Å². The van der Waals surface area contributed by atoms with E-state index in [1.165, 1.54) is 10.8 Å². The van der Waals surface area contributed by atoms with Gasteiger partial charge in [0, 0.05) is 5.56 Å². The number of para-hydroxylation sites is 1. The van der Waals surface area contributed by atoms with E-state index in [4.69, 9.17) is 10.5 Å². The average Bonchev–Trinajstić information content (AvgIpc) is 3.37. The number of H-pyrrole nitrogens is 1. The van der Waals surface area contributed by atoms with Crippen LogP contribution >= 0.6 is 0 Å². The number of nitrogen functional groups attached to an aromatic ring is 1. The van der Waals surface area contributed by atoms with E-state index in [1.807, 2.05) is 42.5 Å². The van der Waals surface area contributed by atoms with Crippen LogP contribution in [-0.4, -0.2) is 42.1 Å². The molecule has 5 rings (SSSR count). The summed E-state index contributed by atoms with van der Waals surface area (Å²) in [6.07, 6.45) is 1.46. The van der Waals surface area contributed by atoms with Crippen molar-refractivity contribution in [3.05, 3.63) is 48.8 Å². The van der Waals surface area contributed by atoms with Gasteiger partial charge in [-0.25, -0.2) is 9.97 Å². The van der Waals surface area contributed by atoms with Crippen molar-refractivity contribution in [3.8, 4) is 28.1 Å². The van der Waals surface area contributed by atoms with Crippen molar-refractivity contribution in [2.75, 3.05) is 12.8 Å². The molecule has 0 bridgehead atoms. The van der Waals surface area contributed by atoms with Crippen molar-refractivity contribution in [1.29, 1.82) is 0 Å². The molecule has 0 aliphatic carbocycles. The summed E-state index contributed by atoms with van der Waals surface area (Å²) in [6, 6.07) is 13.4. The Bertz CT molecular complexity index is 1290. The van der Waals surface area contributed by atoms with Crippen LogP contribution in [-0.2, 0) is 0 Å². The number of benzene rings is 2. The van der Waals surface area contributed by atoms with Crippen LogP contribution in [0.15, 0.2) is 48.8 Å². The monoisotopic (exact) mass is 358 g/mol. The Kier molecular flexibility index (Phi) is 3.26. The standard InChI is InChI=1S/C18H14N8O/c1-27-14-5-3-2-4-11(14)16-15(17-20-9-21-26(17)18(19)22-16)10-6-7-12-13(8-10)24-25-23-12/h2-9H,1H3,(H2,19,22)(H,23,24,25). The Morgan fingerprint density at radius 1 is 1.07 bits per heavy atom. The molecule has 0 spiro atoms. The van der Waals surface area contributed by atoms with Gasteiger partial charge in [-0.1, -0.05) is 18.2 Å². The van der Waals surface area contributed by atoms with Gasteiger partial charge in [-0.15, -0.1) is 0 Å². The van der Waals surface area contributed by atoms with E-state index in [0.29, 0.717) is 17.1 Å². The van der Waals surface area contributed by atoms with Crippen LogP contribution in [0.3, 0.4) is 0 Å². The van der Waals surface area contributed by atoms with E-state index >= 15 is 0 Å². The SMILES string of the molecule is COc1ccccc1-c1nc(N)n2ncnc2c1-c1ccc2n[nH]nc2c1. The van der Waals surface area contributed by atoms with Crippen molar-refractivity contribution >= 4 is 22.6 Å². The lowest BCUT2D eigenvalue weighted by molar-refractivity contribution is 0.416. The van der Waals surface area contributed by atoms with Gasteiger partial charge in [0.15, 0.2) is 5.65 Å². The number of ether oxygens (including phenoxy) is 1. The van der Waals surface area contributed by atoms with E-state index < -0.39 is 0 Å². The Morgan fingerprint density at radius 3 is 2.81 bits per heavy atom. The maximum Gasteiger partial charge on any atom is 0.223 e. The normalized spacial score (nSPS) is 11.3. The molecule has 3 N–H and O–H groups in total. The number of hydrogen-bond donors (Lipinski definition) is 2. The van der Waals surface area contributed by atoms with Gasteiger partial charge < -0.3 is 10.5 Å². The van der Waals surface area contributed by atoms with Gasteiger partial charge in [0.25, 0.3) is 0 Å². The summed E-state index contributed by atoms with van der Waals surface area (Å²) in [5.74, 6) is 0.937. The van der Waals surface area contributed by atoms with Crippen molar-refractivity contribution in [2.24, 2.45) is 0 Å². The van der Waals surface area contributed by atoms with Gasteiger partial charge in [0.2, 0.25) is 5.95 Å². The van der Waals surface area contributed by atoms with E-state index in [-0.39, 0.29) is 5.95 Å². The highest BCUT2D eigenvalue weighted by Gasteiger charge is 2.20. The first kappa shape index (κ1) is 15.3. The molecule has 9 nitrogen and oxygen atoms in total. The molecule has 27 heavy (non-hydrogen) atoms. The van der Waals surface area contributed by atoms with Crippen LogP contribution < -0.4 is 10.5 Å². The molecule has 3 heterocycles. The fourth-order valence-electron chi connectivity index (χ4n) is 3.20. The number of methoxy groups -OCH3 is 1. The predicted molar refractivity (Wildman–Crippen MR) is 100 cm³/mol. The largest absolute Gasteiger partial charge is 0.496 e. The predicted octanol–water partition coefficient (Wildman–Crippen LogP) is 2.32. The zero-order valence-corrected chi connectivity index (χ0v) is 14.3. The second kappa shape index (κ2) is 5.77. The lowest BCUT2D eigenvalue weighted by Crippen LogP contribution is -2.06. The Hall–Kier alpha value is -4.01. The summed E-state index contributed by atoms with van der Waals surface area (Å²) in [7, 11) is 1.62. The molecule has 3 aromatic heterocycles. The number of nitrogens with two attached hydrogens (primary N) is 1. The molecule has 0 atom stereocenters. The zero-order chi connectivity index (χ0) is 18.4. The highest BCUT2D eigenvalue weighted by atomic mass is 16.5. The summed E-state index contributed by atoms with van der Waals surface area (Å²) in [5.41, 5.74) is 11.4. The lowest BCUT2D eigenvalue weighted by Gasteiger charge is -2.14. The molecule has 0 unspecified atom stereocenters. The van der Waals surface area contributed by atoms with Crippen LogP contribution in [0.25, 0.3) is 39.1 Å². The molecule has 132 valence electrons. The van der Waals surface area contributed by atoms with E-state index in [2.05, 4.69) is 30.5 Å². The minimum absolute atomic E-state index is 0.245. The maximum absolute atomic E-state index is 6.13. The molecule has 0 aliphatic heterocycles. The average molecular weight is 358 g/mol. The van der Waals surface area contributed by atoms with Crippen molar-refractivity contribution in [2.45, 2.75) is 0 Å². The Balaban J connectivity index is 1.89. The number of aromatic amines is 1. The number of nitrogens with one attached hydrogen (secondary N) is 1. The molecule has 5 aromatic rings. The first-order valence-corrected chi connectivity index (χ1v) is 8.20. The van der Waals surface area contributed by atoms with Gasteiger partial charge in [0.1, 0.15) is 23.1 Å². The molecular formula is C18H14N8O. The first-order chi connectivity index (χ1) is 13.3. The lowest BCUT2D eigenvalue weighted by atomic mass is 9.99. The first-order valence-electron chi connectivity index (χ1n) is 8.20. The number of aromatic nitrogens is 7. The molecule has 0 radical (unpaired) electrons.